The van der Waals surface area contributed by atoms with Crippen LogP contribution in [0.25, 0.3) is 11.5 Å². The molecule has 0 aliphatic heterocycles. The lowest BCUT2D eigenvalue weighted by Crippen LogP contribution is -1.87. The van der Waals surface area contributed by atoms with Gasteiger partial charge in [-0.2, -0.15) is 4.98 Å². The Balaban J connectivity index is 1.89. The molecule has 2 aromatic rings. The van der Waals surface area contributed by atoms with E-state index < -0.39 is 4.92 Å². The van der Waals surface area contributed by atoms with Crippen molar-refractivity contribution in [3.8, 4) is 11.5 Å². The highest BCUT2D eigenvalue weighted by atomic mass is 16.6. The van der Waals surface area contributed by atoms with Crippen LogP contribution < -0.4 is 0 Å². The molecule has 0 unspecified atom stereocenters. The molecule has 6 nitrogen and oxygen atoms in total. The summed E-state index contributed by atoms with van der Waals surface area (Å²) in [6.07, 6.45) is 2.22. The molecule has 86 valence electrons. The zero-order chi connectivity index (χ0) is 11.8. The molecular formula is C11H9N3O3. The lowest BCUT2D eigenvalue weighted by atomic mass is 10.2. The Morgan fingerprint density at radius 3 is 2.59 bits per heavy atom. The molecule has 1 aliphatic carbocycles. The number of rotatable bonds is 3. The van der Waals surface area contributed by atoms with Crippen molar-refractivity contribution in [3.05, 3.63) is 40.2 Å². The zero-order valence-electron chi connectivity index (χ0n) is 8.87. The third-order valence-corrected chi connectivity index (χ3v) is 2.71. The van der Waals surface area contributed by atoms with E-state index in [0.717, 1.165) is 18.7 Å². The molecule has 1 aliphatic rings. The normalized spacial score (nSPS) is 14.8. The molecule has 3 rings (SSSR count). The summed E-state index contributed by atoms with van der Waals surface area (Å²) in [5.74, 6) is 1.59. The summed E-state index contributed by atoms with van der Waals surface area (Å²) < 4.78 is 5.12. The van der Waals surface area contributed by atoms with E-state index in [1.54, 1.807) is 12.1 Å². The van der Waals surface area contributed by atoms with Crippen LogP contribution in [0.3, 0.4) is 0 Å². The summed E-state index contributed by atoms with van der Waals surface area (Å²) >= 11 is 0. The van der Waals surface area contributed by atoms with Crippen molar-refractivity contribution in [1.82, 2.24) is 10.1 Å². The van der Waals surface area contributed by atoms with Crippen LogP contribution >= 0.6 is 0 Å². The fourth-order valence-electron chi connectivity index (χ4n) is 1.59. The second-order valence-corrected chi connectivity index (χ2v) is 4.04. The van der Waals surface area contributed by atoms with Gasteiger partial charge in [0, 0.05) is 23.6 Å². The fraction of sp³-hybridized carbons (Fsp3) is 0.273. The van der Waals surface area contributed by atoms with Crippen molar-refractivity contribution in [2.45, 2.75) is 18.8 Å². The first-order valence-electron chi connectivity index (χ1n) is 5.32. The van der Waals surface area contributed by atoms with Gasteiger partial charge < -0.3 is 4.52 Å². The highest BCUT2D eigenvalue weighted by Crippen LogP contribution is 2.38. The molecule has 0 atom stereocenters. The van der Waals surface area contributed by atoms with E-state index in [1.165, 1.54) is 12.1 Å². The molecule has 0 radical (unpaired) electrons. The topological polar surface area (TPSA) is 82.1 Å². The smallest absolute Gasteiger partial charge is 0.269 e. The molecule has 0 saturated heterocycles. The van der Waals surface area contributed by atoms with Gasteiger partial charge in [0.1, 0.15) is 0 Å². The first-order valence-corrected chi connectivity index (χ1v) is 5.32. The van der Waals surface area contributed by atoms with Gasteiger partial charge in [0.15, 0.2) is 5.82 Å². The van der Waals surface area contributed by atoms with E-state index in [9.17, 15) is 10.1 Å². The minimum absolute atomic E-state index is 0.0516. The first kappa shape index (κ1) is 9.95. The van der Waals surface area contributed by atoms with Crippen LogP contribution in [-0.4, -0.2) is 15.1 Å². The Morgan fingerprint density at radius 1 is 1.29 bits per heavy atom. The Kier molecular flexibility index (Phi) is 2.14. The van der Waals surface area contributed by atoms with Gasteiger partial charge in [0.25, 0.3) is 11.6 Å². The SMILES string of the molecule is O=[N+]([O-])c1ccc(-c2nc(C3CC3)no2)cc1. The van der Waals surface area contributed by atoms with E-state index in [2.05, 4.69) is 10.1 Å². The molecule has 0 bridgehead atoms. The number of nitro groups is 1. The highest BCUT2D eigenvalue weighted by Gasteiger charge is 2.28. The maximum atomic E-state index is 10.5. The van der Waals surface area contributed by atoms with Crippen LogP contribution in [0.5, 0.6) is 0 Å². The monoisotopic (exact) mass is 231 g/mol. The van der Waals surface area contributed by atoms with Crippen molar-refractivity contribution in [3.63, 3.8) is 0 Å². The molecule has 17 heavy (non-hydrogen) atoms. The molecule has 0 N–H and O–H groups in total. The number of non-ortho nitro benzene ring substituents is 1. The predicted octanol–water partition coefficient (Wildman–Crippen LogP) is 2.52. The fourth-order valence-corrected chi connectivity index (χ4v) is 1.59. The van der Waals surface area contributed by atoms with Crippen molar-refractivity contribution in [2.75, 3.05) is 0 Å². The van der Waals surface area contributed by atoms with Crippen LogP contribution in [0.1, 0.15) is 24.6 Å². The van der Waals surface area contributed by atoms with Crippen molar-refractivity contribution in [2.24, 2.45) is 0 Å². The molecule has 0 spiro atoms. The summed E-state index contributed by atoms with van der Waals surface area (Å²) in [5, 5.41) is 14.4. The van der Waals surface area contributed by atoms with Gasteiger partial charge in [-0.1, -0.05) is 5.16 Å². The molecule has 6 heteroatoms. The highest BCUT2D eigenvalue weighted by molar-refractivity contribution is 5.55. The number of nitrogens with zero attached hydrogens (tertiary/aromatic N) is 3. The second kappa shape index (κ2) is 3.65. The summed E-state index contributed by atoms with van der Waals surface area (Å²) in [4.78, 5) is 14.3. The van der Waals surface area contributed by atoms with Gasteiger partial charge in [-0.3, -0.25) is 10.1 Å². The van der Waals surface area contributed by atoms with Crippen molar-refractivity contribution >= 4 is 5.69 Å². The number of nitro benzene ring substituents is 1. The molecular weight excluding hydrogens is 222 g/mol. The lowest BCUT2D eigenvalue weighted by molar-refractivity contribution is -0.384. The van der Waals surface area contributed by atoms with Gasteiger partial charge in [-0.25, -0.2) is 0 Å². The third-order valence-electron chi connectivity index (χ3n) is 2.71. The predicted molar refractivity (Wildman–Crippen MR) is 58.4 cm³/mol. The molecule has 1 fully saturated rings. The van der Waals surface area contributed by atoms with E-state index in [0.29, 0.717) is 17.4 Å². The maximum Gasteiger partial charge on any atom is 0.269 e. The van der Waals surface area contributed by atoms with Crippen LogP contribution in [-0.2, 0) is 0 Å². The van der Waals surface area contributed by atoms with Crippen LogP contribution in [0, 0.1) is 10.1 Å². The van der Waals surface area contributed by atoms with Crippen LogP contribution in [0.4, 0.5) is 5.69 Å². The Morgan fingerprint density at radius 2 is 2.00 bits per heavy atom. The van der Waals surface area contributed by atoms with Gasteiger partial charge >= 0.3 is 0 Å². The number of aromatic nitrogens is 2. The molecule has 1 saturated carbocycles. The van der Waals surface area contributed by atoms with Crippen LogP contribution in [0.15, 0.2) is 28.8 Å². The standard InChI is InChI=1S/C11H9N3O3/c15-14(16)9-5-3-8(4-6-9)11-12-10(13-17-11)7-1-2-7/h3-7H,1-2H2. The second-order valence-electron chi connectivity index (χ2n) is 4.04. The molecule has 1 heterocycles. The summed E-state index contributed by atoms with van der Waals surface area (Å²) in [7, 11) is 0. The maximum absolute atomic E-state index is 10.5. The van der Waals surface area contributed by atoms with Crippen molar-refractivity contribution in [1.29, 1.82) is 0 Å². The van der Waals surface area contributed by atoms with E-state index in [-0.39, 0.29) is 5.69 Å². The van der Waals surface area contributed by atoms with E-state index in [4.69, 9.17) is 4.52 Å². The van der Waals surface area contributed by atoms with E-state index in [1.807, 2.05) is 0 Å². The average Bonchev–Trinajstić information content (AvgIpc) is 3.07. The van der Waals surface area contributed by atoms with E-state index >= 15 is 0 Å². The van der Waals surface area contributed by atoms with Gasteiger partial charge in [-0.15, -0.1) is 0 Å². The minimum Gasteiger partial charge on any atom is -0.334 e. The Bertz CT molecular complexity index is 558. The number of hydrogen-bond donors (Lipinski definition) is 0. The summed E-state index contributed by atoms with van der Waals surface area (Å²) in [6.45, 7) is 0. The zero-order valence-corrected chi connectivity index (χ0v) is 8.87. The largest absolute Gasteiger partial charge is 0.334 e. The molecule has 1 aromatic heterocycles. The van der Waals surface area contributed by atoms with Gasteiger partial charge in [-0.05, 0) is 25.0 Å². The minimum atomic E-state index is -0.437. The third kappa shape index (κ3) is 1.89. The lowest BCUT2D eigenvalue weighted by Gasteiger charge is -1.93. The van der Waals surface area contributed by atoms with Gasteiger partial charge in [0.05, 0.1) is 4.92 Å². The average molecular weight is 231 g/mol. The quantitative estimate of drug-likeness (QED) is 0.598. The van der Waals surface area contributed by atoms with Crippen molar-refractivity contribution < 1.29 is 9.45 Å². The van der Waals surface area contributed by atoms with Crippen LogP contribution in [0.2, 0.25) is 0 Å². The number of benzene rings is 1. The number of hydrogen-bond acceptors (Lipinski definition) is 5. The Hall–Kier alpha value is -2.24. The summed E-state index contributed by atoms with van der Waals surface area (Å²) in [6, 6.07) is 6.08. The molecule has 0 amide bonds. The summed E-state index contributed by atoms with van der Waals surface area (Å²) in [5.41, 5.74) is 0.755. The Labute approximate surface area is 96.4 Å². The molecule has 1 aromatic carbocycles. The first-order chi connectivity index (χ1) is 8.24. The van der Waals surface area contributed by atoms with Gasteiger partial charge in [0.2, 0.25) is 0 Å².